The normalized spacial score (nSPS) is 11.4. The standard InChI is InChI=1S/C7H15NO/c1-4-5-8-7(2,3)6-9/h4,8-9H,1,5-6H2,2-3H3. The zero-order valence-electron chi connectivity index (χ0n) is 6.15. The quantitative estimate of drug-likeness (QED) is 0.543. The molecule has 0 aromatic rings. The van der Waals surface area contributed by atoms with Gasteiger partial charge in [0.25, 0.3) is 0 Å². The van der Waals surface area contributed by atoms with Crippen LogP contribution < -0.4 is 5.32 Å². The molecular formula is C7H15NO. The second kappa shape index (κ2) is 3.64. The Labute approximate surface area is 56.6 Å². The van der Waals surface area contributed by atoms with E-state index in [1.807, 2.05) is 13.8 Å². The molecule has 0 aromatic heterocycles. The molecule has 2 N–H and O–H groups in total. The summed E-state index contributed by atoms with van der Waals surface area (Å²) in [7, 11) is 0. The highest BCUT2D eigenvalue weighted by Crippen LogP contribution is 1.97. The van der Waals surface area contributed by atoms with Gasteiger partial charge < -0.3 is 10.4 Å². The van der Waals surface area contributed by atoms with E-state index < -0.39 is 0 Å². The van der Waals surface area contributed by atoms with Gasteiger partial charge in [-0.05, 0) is 13.8 Å². The van der Waals surface area contributed by atoms with Gasteiger partial charge in [-0.2, -0.15) is 0 Å². The van der Waals surface area contributed by atoms with Gasteiger partial charge in [0.15, 0.2) is 0 Å². The van der Waals surface area contributed by atoms with Gasteiger partial charge in [-0.3, -0.25) is 0 Å². The van der Waals surface area contributed by atoms with Crippen molar-refractivity contribution < 1.29 is 5.11 Å². The molecule has 0 bridgehead atoms. The summed E-state index contributed by atoms with van der Waals surface area (Å²) in [5, 5.41) is 11.8. The molecule has 0 aliphatic rings. The van der Waals surface area contributed by atoms with Crippen LogP contribution in [-0.4, -0.2) is 23.8 Å². The summed E-state index contributed by atoms with van der Waals surface area (Å²) < 4.78 is 0. The fourth-order valence-corrected chi connectivity index (χ4v) is 0.404. The predicted molar refractivity (Wildman–Crippen MR) is 39.4 cm³/mol. The third-order valence-corrected chi connectivity index (χ3v) is 1.12. The van der Waals surface area contributed by atoms with Crippen LogP contribution in [0.15, 0.2) is 12.7 Å². The second-order valence-electron chi connectivity index (χ2n) is 2.71. The number of rotatable bonds is 4. The van der Waals surface area contributed by atoms with E-state index in [1.165, 1.54) is 0 Å². The highest BCUT2D eigenvalue weighted by molar-refractivity contribution is 4.81. The molecule has 0 aliphatic heterocycles. The molecular weight excluding hydrogens is 114 g/mol. The predicted octanol–water partition coefficient (Wildman–Crippen LogP) is 0.533. The van der Waals surface area contributed by atoms with E-state index in [4.69, 9.17) is 5.11 Å². The van der Waals surface area contributed by atoms with Crippen LogP contribution in [0.1, 0.15) is 13.8 Å². The van der Waals surface area contributed by atoms with Crippen LogP contribution in [0.2, 0.25) is 0 Å². The van der Waals surface area contributed by atoms with Gasteiger partial charge in [-0.25, -0.2) is 0 Å². The van der Waals surface area contributed by atoms with Crippen molar-refractivity contribution in [3.05, 3.63) is 12.7 Å². The summed E-state index contributed by atoms with van der Waals surface area (Å²) in [6.07, 6.45) is 1.78. The van der Waals surface area contributed by atoms with Gasteiger partial charge in [0.05, 0.1) is 6.61 Å². The van der Waals surface area contributed by atoms with Crippen molar-refractivity contribution in [2.75, 3.05) is 13.2 Å². The summed E-state index contributed by atoms with van der Waals surface area (Å²) in [5.41, 5.74) is -0.172. The fourth-order valence-electron chi connectivity index (χ4n) is 0.404. The zero-order chi connectivity index (χ0) is 7.33. The maximum absolute atomic E-state index is 8.72. The Morgan fingerprint density at radius 2 is 2.22 bits per heavy atom. The molecule has 0 aliphatic carbocycles. The molecule has 0 unspecified atom stereocenters. The third kappa shape index (κ3) is 4.18. The molecule has 0 spiro atoms. The Kier molecular flexibility index (Phi) is 3.50. The monoisotopic (exact) mass is 129 g/mol. The summed E-state index contributed by atoms with van der Waals surface area (Å²) in [5.74, 6) is 0. The third-order valence-electron chi connectivity index (χ3n) is 1.12. The Bertz CT molecular complexity index is 88.9. The van der Waals surface area contributed by atoms with Crippen molar-refractivity contribution in [1.29, 1.82) is 0 Å². The van der Waals surface area contributed by atoms with E-state index >= 15 is 0 Å². The molecule has 2 heteroatoms. The maximum Gasteiger partial charge on any atom is 0.0607 e. The van der Waals surface area contributed by atoms with Crippen molar-refractivity contribution in [2.24, 2.45) is 0 Å². The first-order chi connectivity index (χ1) is 4.12. The topological polar surface area (TPSA) is 32.3 Å². The molecule has 9 heavy (non-hydrogen) atoms. The van der Waals surface area contributed by atoms with E-state index in [-0.39, 0.29) is 12.1 Å². The molecule has 0 heterocycles. The lowest BCUT2D eigenvalue weighted by Gasteiger charge is -2.22. The van der Waals surface area contributed by atoms with Crippen molar-refractivity contribution in [2.45, 2.75) is 19.4 Å². The van der Waals surface area contributed by atoms with Gasteiger partial charge in [0, 0.05) is 12.1 Å². The van der Waals surface area contributed by atoms with Crippen molar-refractivity contribution in [3.63, 3.8) is 0 Å². The smallest absolute Gasteiger partial charge is 0.0607 e. The molecule has 0 radical (unpaired) electrons. The Balaban J connectivity index is 3.44. The van der Waals surface area contributed by atoms with Crippen LogP contribution in [0.5, 0.6) is 0 Å². The highest BCUT2D eigenvalue weighted by Gasteiger charge is 2.12. The molecule has 0 saturated carbocycles. The summed E-state index contributed by atoms with van der Waals surface area (Å²) in [6.45, 7) is 8.33. The second-order valence-corrected chi connectivity index (χ2v) is 2.71. The molecule has 54 valence electrons. The minimum Gasteiger partial charge on any atom is -0.394 e. The molecule has 0 atom stereocenters. The minimum absolute atomic E-state index is 0.154. The van der Waals surface area contributed by atoms with Gasteiger partial charge >= 0.3 is 0 Å². The Morgan fingerprint density at radius 1 is 1.67 bits per heavy atom. The first-order valence-electron chi connectivity index (χ1n) is 3.09. The van der Waals surface area contributed by atoms with E-state index in [2.05, 4.69) is 11.9 Å². The number of nitrogens with one attached hydrogen (secondary N) is 1. The Morgan fingerprint density at radius 3 is 2.56 bits per heavy atom. The molecule has 0 rings (SSSR count). The number of aliphatic hydroxyl groups excluding tert-OH is 1. The summed E-state index contributed by atoms with van der Waals surface area (Å²) >= 11 is 0. The van der Waals surface area contributed by atoms with E-state index in [0.29, 0.717) is 0 Å². The average molecular weight is 129 g/mol. The fraction of sp³-hybridized carbons (Fsp3) is 0.714. The molecule has 2 nitrogen and oxygen atoms in total. The SMILES string of the molecule is C=CCNC(C)(C)CO. The van der Waals surface area contributed by atoms with Crippen molar-refractivity contribution >= 4 is 0 Å². The van der Waals surface area contributed by atoms with Crippen molar-refractivity contribution in [3.8, 4) is 0 Å². The first kappa shape index (κ1) is 8.66. The van der Waals surface area contributed by atoms with Gasteiger partial charge in [0.2, 0.25) is 0 Å². The maximum atomic E-state index is 8.72. The van der Waals surface area contributed by atoms with E-state index in [0.717, 1.165) is 6.54 Å². The summed E-state index contributed by atoms with van der Waals surface area (Å²) in [4.78, 5) is 0. The summed E-state index contributed by atoms with van der Waals surface area (Å²) in [6, 6.07) is 0. The number of hydrogen-bond donors (Lipinski definition) is 2. The van der Waals surface area contributed by atoms with Crippen LogP contribution in [0.25, 0.3) is 0 Å². The number of aliphatic hydroxyl groups is 1. The van der Waals surface area contributed by atoms with Crippen LogP contribution in [0.3, 0.4) is 0 Å². The van der Waals surface area contributed by atoms with Crippen LogP contribution in [-0.2, 0) is 0 Å². The van der Waals surface area contributed by atoms with Crippen LogP contribution in [0.4, 0.5) is 0 Å². The van der Waals surface area contributed by atoms with E-state index in [1.54, 1.807) is 6.08 Å². The highest BCUT2D eigenvalue weighted by atomic mass is 16.3. The van der Waals surface area contributed by atoms with Crippen LogP contribution in [0, 0.1) is 0 Å². The first-order valence-corrected chi connectivity index (χ1v) is 3.09. The van der Waals surface area contributed by atoms with Gasteiger partial charge in [0.1, 0.15) is 0 Å². The lowest BCUT2D eigenvalue weighted by molar-refractivity contribution is 0.193. The van der Waals surface area contributed by atoms with Crippen molar-refractivity contribution in [1.82, 2.24) is 5.32 Å². The van der Waals surface area contributed by atoms with Gasteiger partial charge in [-0.15, -0.1) is 6.58 Å². The molecule has 0 saturated heterocycles. The largest absolute Gasteiger partial charge is 0.394 e. The number of hydrogen-bond acceptors (Lipinski definition) is 2. The lowest BCUT2D eigenvalue weighted by atomic mass is 10.1. The van der Waals surface area contributed by atoms with Crippen LogP contribution >= 0.6 is 0 Å². The lowest BCUT2D eigenvalue weighted by Crippen LogP contribution is -2.42. The minimum atomic E-state index is -0.172. The molecule has 0 amide bonds. The van der Waals surface area contributed by atoms with E-state index in [9.17, 15) is 0 Å². The zero-order valence-corrected chi connectivity index (χ0v) is 6.15. The Hall–Kier alpha value is -0.340. The molecule has 0 aromatic carbocycles. The molecule has 0 fully saturated rings. The van der Waals surface area contributed by atoms with Gasteiger partial charge in [-0.1, -0.05) is 6.08 Å². The average Bonchev–Trinajstić information content (AvgIpc) is 1.84.